The molecule has 6 heteroatoms. The highest BCUT2D eigenvalue weighted by molar-refractivity contribution is 6.06. The van der Waals surface area contributed by atoms with E-state index in [9.17, 15) is 24.6 Å². The number of amides is 1. The molecule has 0 atom stereocenters. The second-order valence-corrected chi connectivity index (χ2v) is 5.66. The number of benzene rings is 2. The molecule has 2 rings (SSSR count). The first-order valence-corrected chi connectivity index (χ1v) is 7.81. The fourth-order valence-corrected chi connectivity index (χ4v) is 2.47. The van der Waals surface area contributed by atoms with E-state index in [1.165, 1.54) is 6.92 Å². The van der Waals surface area contributed by atoms with E-state index in [4.69, 9.17) is 0 Å². The molecule has 0 radical (unpaired) electrons. The first kappa shape index (κ1) is 18.2. The van der Waals surface area contributed by atoms with Gasteiger partial charge in [0.2, 0.25) is 11.4 Å². The predicted octanol–water partition coefficient (Wildman–Crippen LogP) is 2.33. The second kappa shape index (κ2) is 7.61. The number of carbonyl (C=O) groups is 3. The van der Waals surface area contributed by atoms with Gasteiger partial charge in [-0.15, -0.1) is 0 Å². The van der Waals surface area contributed by atoms with Crippen molar-refractivity contribution in [2.45, 2.75) is 25.3 Å². The Hall–Kier alpha value is -3.15. The minimum atomic E-state index is -2.39. The maximum absolute atomic E-state index is 11.6. The molecule has 0 saturated carbocycles. The Balaban J connectivity index is 2.31. The molecule has 3 N–H and O–H groups in total. The molecular formula is C19H19NO5. The molecule has 1 amide bonds. The minimum absolute atomic E-state index is 0.00471. The molecule has 0 saturated heterocycles. The van der Waals surface area contributed by atoms with E-state index in [0.29, 0.717) is 5.56 Å². The lowest BCUT2D eigenvalue weighted by atomic mass is 9.89. The topological polar surface area (TPSA) is 104 Å². The summed E-state index contributed by atoms with van der Waals surface area (Å²) in [6.07, 6.45) is -0.353. The number of carboxylic acid groups (broad SMARTS) is 2. The van der Waals surface area contributed by atoms with E-state index in [0.717, 1.165) is 11.1 Å². The van der Waals surface area contributed by atoms with Crippen LogP contribution in [0.25, 0.3) is 11.1 Å². The van der Waals surface area contributed by atoms with Gasteiger partial charge in [-0.1, -0.05) is 61.5 Å². The molecule has 130 valence electrons. The summed E-state index contributed by atoms with van der Waals surface area (Å²) < 4.78 is 0. The van der Waals surface area contributed by atoms with Gasteiger partial charge in [-0.2, -0.15) is 0 Å². The molecular weight excluding hydrogens is 322 g/mol. The van der Waals surface area contributed by atoms with Gasteiger partial charge in [0.25, 0.3) is 0 Å². The molecule has 6 nitrogen and oxygen atoms in total. The Kier molecular flexibility index (Phi) is 5.54. The van der Waals surface area contributed by atoms with Gasteiger partial charge in [-0.05, 0) is 16.7 Å². The van der Waals surface area contributed by atoms with Gasteiger partial charge in [-0.25, -0.2) is 9.59 Å². The molecule has 25 heavy (non-hydrogen) atoms. The third-order valence-corrected chi connectivity index (χ3v) is 3.93. The SMILES string of the molecule is CCC(=O)NC(Cc1ccc(-c2ccccc2)cc1)(C(=O)O)C(=O)O. The van der Waals surface area contributed by atoms with Crippen LogP contribution in [0.15, 0.2) is 54.6 Å². The number of carboxylic acids is 2. The third kappa shape index (κ3) is 4.03. The summed E-state index contributed by atoms with van der Waals surface area (Å²) in [5.41, 5.74) is 0.0385. The van der Waals surface area contributed by atoms with Crippen LogP contribution in [0.2, 0.25) is 0 Å². The Bertz CT molecular complexity index is 754. The summed E-state index contributed by atoms with van der Waals surface area (Å²) in [6, 6.07) is 16.5. The van der Waals surface area contributed by atoms with Crippen molar-refractivity contribution in [1.82, 2.24) is 5.32 Å². The highest BCUT2D eigenvalue weighted by Gasteiger charge is 2.48. The highest BCUT2D eigenvalue weighted by Crippen LogP contribution is 2.22. The number of hydrogen-bond donors (Lipinski definition) is 3. The van der Waals surface area contributed by atoms with Crippen LogP contribution < -0.4 is 5.32 Å². The summed E-state index contributed by atoms with van der Waals surface area (Å²) in [6.45, 7) is 1.53. The highest BCUT2D eigenvalue weighted by atomic mass is 16.4. The molecule has 0 aliphatic carbocycles. The van der Waals surface area contributed by atoms with Crippen molar-refractivity contribution in [3.8, 4) is 11.1 Å². The molecule has 0 aliphatic rings. The lowest BCUT2D eigenvalue weighted by molar-refractivity contribution is -0.161. The summed E-state index contributed by atoms with van der Waals surface area (Å²) in [7, 11) is 0. The Labute approximate surface area is 145 Å². The van der Waals surface area contributed by atoms with E-state index in [1.807, 2.05) is 30.3 Å². The zero-order chi connectivity index (χ0) is 18.4. The van der Waals surface area contributed by atoms with Crippen LogP contribution >= 0.6 is 0 Å². The molecule has 0 spiro atoms. The van der Waals surface area contributed by atoms with E-state index < -0.39 is 23.4 Å². The van der Waals surface area contributed by atoms with Gasteiger partial charge in [0.15, 0.2) is 0 Å². The molecule has 0 heterocycles. The van der Waals surface area contributed by atoms with Crippen LogP contribution in [0.4, 0.5) is 0 Å². The Morgan fingerprint density at radius 2 is 1.40 bits per heavy atom. The molecule has 0 fully saturated rings. The van der Waals surface area contributed by atoms with E-state index >= 15 is 0 Å². The number of carbonyl (C=O) groups excluding carboxylic acids is 1. The summed E-state index contributed by atoms with van der Waals surface area (Å²) >= 11 is 0. The monoisotopic (exact) mass is 341 g/mol. The molecule has 2 aromatic carbocycles. The average molecular weight is 341 g/mol. The normalized spacial score (nSPS) is 10.9. The summed E-state index contributed by atoms with van der Waals surface area (Å²) in [5.74, 6) is -3.84. The molecule has 0 aliphatic heterocycles. The van der Waals surface area contributed by atoms with Gasteiger partial charge in [0, 0.05) is 12.8 Å². The van der Waals surface area contributed by atoms with Crippen molar-refractivity contribution in [1.29, 1.82) is 0 Å². The van der Waals surface area contributed by atoms with Crippen molar-refractivity contribution in [3.63, 3.8) is 0 Å². The molecule has 0 aromatic heterocycles. The van der Waals surface area contributed by atoms with Gasteiger partial charge in [-0.3, -0.25) is 4.79 Å². The fraction of sp³-hybridized carbons (Fsp3) is 0.211. The van der Waals surface area contributed by atoms with E-state index in [-0.39, 0.29) is 12.8 Å². The summed E-state index contributed by atoms with van der Waals surface area (Å²) in [4.78, 5) is 34.9. The first-order chi connectivity index (χ1) is 11.9. The lowest BCUT2D eigenvalue weighted by Gasteiger charge is -2.26. The van der Waals surface area contributed by atoms with Crippen LogP contribution in [0.5, 0.6) is 0 Å². The van der Waals surface area contributed by atoms with Crippen molar-refractivity contribution < 1.29 is 24.6 Å². The van der Waals surface area contributed by atoms with Crippen LogP contribution in [0.3, 0.4) is 0 Å². The van der Waals surface area contributed by atoms with E-state index in [2.05, 4.69) is 5.32 Å². The van der Waals surface area contributed by atoms with Gasteiger partial charge >= 0.3 is 11.9 Å². The maximum atomic E-state index is 11.6. The van der Waals surface area contributed by atoms with Crippen LogP contribution in [0.1, 0.15) is 18.9 Å². The van der Waals surface area contributed by atoms with E-state index in [1.54, 1.807) is 24.3 Å². The fourth-order valence-electron chi connectivity index (χ4n) is 2.47. The number of rotatable bonds is 7. The van der Waals surface area contributed by atoms with Gasteiger partial charge in [0.1, 0.15) is 0 Å². The van der Waals surface area contributed by atoms with Crippen molar-refractivity contribution in [2.75, 3.05) is 0 Å². The quantitative estimate of drug-likeness (QED) is 0.671. The number of aliphatic carboxylic acids is 2. The standard InChI is InChI=1S/C19H19NO5/c1-2-16(21)20-19(17(22)23,18(24)25)12-13-8-10-15(11-9-13)14-6-4-3-5-7-14/h3-11H,2,12H2,1H3,(H,20,21)(H,22,23)(H,24,25). The van der Waals surface area contributed by atoms with Crippen LogP contribution in [-0.4, -0.2) is 33.6 Å². The molecule has 0 bridgehead atoms. The first-order valence-electron chi connectivity index (χ1n) is 7.81. The molecule has 2 aromatic rings. The van der Waals surface area contributed by atoms with Gasteiger partial charge < -0.3 is 15.5 Å². The predicted molar refractivity (Wildman–Crippen MR) is 92.0 cm³/mol. The van der Waals surface area contributed by atoms with Crippen molar-refractivity contribution in [2.24, 2.45) is 0 Å². The summed E-state index contributed by atoms with van der Waals surface area (Å²) in [5, 5.41) is 21.0. The van der Waals surface area contributed by atoms with Gasteiger partial charge in [0.05, 0.1) is 0 Å². The lowest BCUT2D eigenvalue weighted by Crippen LogP contribution is -2.61. The van der Waals surface area contributed by atoms with Crippen LogP contribution in [-0.2, 0) is 20.8 Å². The Morgan fingerprint density at radius 1 is 0.880 bits per heavy atom. The maximum Gasteiger partial charge on any atom is 0.341 e. The van der Waals surface area contributed by atoms with Crippen molar-refractivity contribution >= 4 is 17.8 Å². The number of nitrogens with one attached hydrogen (secondary N) is 1. The van der Waals surface area contributed by atoms with Crippen LogP contribution in [0, 0.1) is 0 Å². The average Bonchev–Trinajstić information content (AvgIpc) is 2.61. The Morgan fingerprint density at radius 3 is 1.88 bits per heavy atom. The smallest absolute Gasteiger partial charge is 0.341 e. The van der Waals surface area contributed by atoms with Crippen molar-refractivity contribution in [3.05, 3.63) is 60.2 Å². The molecule has 0 unspecified atom stereocenters. The number of hydrogen-bond acceptors (Lipinski definition) is 3. The third-order valence-electron chi connectivity index (χ3n) is 3.93. The zero-order valence-electron chi connectivity index (χ0n) is 13.7. The zero-order valence-corrected chi connectivity index (χ0v) is 13.7. The second-order valence-electron chi connectivity index (χ2n) is 5.66. The minimum Gasteiger partial charge on any atom is -0.479 e. The largest absolute Gasteiger partial charge is 0.479 e.